The minimum Gasteiger partial charge on any atom is -0.493 e. The third kappa shape index (κ3) is 3.13. The highest BCUT2D eigenvalue weighted by atomic mass is 79.9. The SMILES string of the molecule is CCCCOc1cccc(Br)c1/C(N)=N/O. The van der Waals surface area contributed by atoms with Crippen LogP contribution in [0.4, 0.5) is 0 Å². The lowest BCUT2D eigenvalue weighted by molar-refractivity contribution is 0.306. The molecule has 1 aromatic rings. The number of halogens is 1. The zero-order valence-electron chi connectivity index (χ0n) is 9.11. The van der Waals surface area contributed by atoms with E-state index in [0.717, 1.165) is 17.3 Å². The van der Waals surface area contributed by atoms with E-state index in [1.807, 2.05) is 12.1 Å². The van der Waals surface area contributed by atoms with E-state index in [2.05, 4.69) is 28.0 Å². The summed E-state index contributed by atoms with van der Waals surface area (Å²) in [4.78, 5) is 0. The first-order valence-electron chi connectivity index (χ1n) is 5.10. The molecule has 0 saturated carbocycles. The van der Waals surface area contributed by atoms with Crippen LogP contribution in [0.15, 0.2) is 27.8 Å². The molecule has 88 valence electrons. The minimum atomic E-state index is 0.0407. The lowest BCUT2D eigenvalue weighted by atomic mass is 10.2. The van der Waals surface area contributed by atoms with Crippen molar-refractivity contribution in [3.8, 4) is 5.75 Å². The van der Waals surface area contributed by atoms with Gasteiger partial charge in [0, 0.05) is 4.47 Å². The maximum Gasteiger partial charge on any atom is 0.174 e. The summed E-state index contributed by atoms with van der Waals surface area (Å²) in [5.74, 6) is 0.664. The number of nitrogens with zero attached hydrogens (tertiary/aromatic N) is 1. The van der Waals surface area contributed by atoms with Crippen LogP contribution in [0.3, 0.4) is 0 Å². The number of hydrogen-bond acceptors (Lipinski definition) is 3. The minimum absolute atomic E-state index is 0.0407. The fraction of sp³-hybridized carbons (Fsp3) is 0.364. The predicted molar refractivity (Wildman–Crippen MR) is 67.1 cm³/mol. The van der Waals surface area contributed by atoms with Crippen LogP contribution in [0.5, 0.6) is 5.75 Å². The van der Waals surface area contributed by atoms with Crippen molar-refractivity contribution >= 4 is 21.8 Å². The molecule has 3 N–H and O–H groups in total. The second kappa shape index (κ2) is 6.37. The summed E-state index contributed by atoms with van der Waals surface area (Å²) in [5, 5.41) is 11.7. The molecule has 1 aromatic carbocycles. The molecule has 1 rings (SSSR count). The zero-order chi connectivity index (χ0) is 12.0. The van der Waals surface area contributed by atoms with Gasteiger partial charge in [-0.2, -0.15) is 0 Å². The first-order valence-corrected chi connectivity index (χ1v) is 5.89. The summed E-state index contributed by atoms with van der Waals surface area (Å²) in [7, 11) is 0. The van der Waals surface area contributed by atoms with Crippen LogP contribution in [-0.2, 0) is 0 Å². The number of rotatable bonds is 5. The summed E-state index contributed by atoms with van der Waals surface area (Å²) >= 11 is 3.35. The molecule has 0 bridgehead atoms. The van der Waals surface area contributed by atoms with E-state index < -0.39 is 0 Å². The molecule has 0 aromatic heterocycles. The van der Waals surface area contributed by atoms with E-state index in [1.54, 1.807) is 6.07 Å². The summed E-state index contributed by atoms with van der Waals surface area (Å²) in [6.07, 6.45) is 2.04. The van der Waals surface area contributed by atoms with Gasteiger partial charge in [-0.05, 0) is 34.5 Å². The Morgan fingerprint density at radius 1 is 1.56 bits per heavy atom. The van der Waals surface area contributed by atoms with Crippen LogP contribution in [-0.4, -0.2) is 17.6 Å². The topological polar surface area (TPSA) is 67.8 Å². The zero-order valence-corrected chi connectivity index (χ0v) is 10.7. The Bertz CT molecular complexity index is 380. The third-order valence-corrected chi connectivity index (χ3v) is 2.76. The fourth-order valence-electron chi connectivity index (χ4n) is 1.25. The van der Waals surface area contributed by atoms with Crippen LogP contribution in [0.1, 0.15) is 25.3 Å². The summed E-state index contributed by atoms with van der Waals surface area (Å²) in [6, 6.07) is 5.47. The van der Waals surface area contributed by atoms with Gasteiger partial charge in [0.2, 0.25) is 0 Å². The molecule has 0 aliphatic carbocycles. The Kier molecular flexibility index (Phi) is 5.11. The van der Waals surface area contributed by atoms with Crippen molar-refractivity contribution in [3.63, 3.8) is 0 Å². The highest BCUT2D eigenvalue weighted by molar-refractivity contribution is 9.10. The van der Waals surface area contributed by atoms with Crippen molar-refractivity contribution in [2.75, 3.05) is 6.61 Å². The number of oxime groups is 1. The smallest absolute Gasteiger partial charge is 0.174 e. The first-order chi connectivity index (χ1) is 7.70. The van der Waals surface area contributed by atoms with Crippen molar-refractivity contribution in [1.29, 1.82) is 0 Å². The molecule has 0 atom stereocenters. The molecule has 16 heavy (non-hydrogen) atoms. The molecule has 4 nitrogen and oxygen atoms in total. The summed E-state index contributed by atoms with van der Waals surface area (Å²) in [5.41, 5.74) is 6.17. The van der Waals surface area contributed by atoms with E-state index in [1.165, 1.54) is 0 Å². The van der Waals surface area contributed by atoms with Crippen molar-refractivity contribution in [2.24, 2.45) is 10.9 Å². The molecular formula is C11H15BrN2O2. The molecular weight excluding hydrogens is 272 g/mol. The normalized spacial score (nSPS) is 11.5. The highest BCUT2D eigenvalue weighted by Gasteiger charge is 2.12. The fourth-order valence-corrected chi connectivity index (χ4v) is 1.80. The Morgan fingerprint density at radius 2 is 2.31 bits per heavy atom. The lowest BCUT2D eigenvalue weighted by Crippen LogP contribution is -2.16. The van der Waals surface area contributed by atoms with Crippen LogP contribution in [0.2, 0.25) is 0 Å². The number of unbranched alkanes of at least 4 members (excludes halogenated alkanes) is 1. The van der Waals surface area contributed by atoms with Crippen LogP contribution in [0, 0.1) is 0 Å². The monoisotopic (exact) mass is 286 g/mol. The molecule has 0 heterocycles. The van der Waals surface area contributed by atoms with Crippen LogP contribution in [0.25, 0.3) is 0 Å². The van der Waals surface area contributed by atoms with Gasteiger partial charge in [0.25, 0.3) is 0 Å². The van der Waals surface area contributed by atoms with Gasteiger partial charge in [-0.3, -0.25) is 0 Å². The van der Waals surface area contributed by atoms with Crippen molar-refractivity contribution in [1.82, 2.24) is 0 Å². The third-order valence-electron chi connectivity index (χ3n) is 2.09. The molecule has 0 amide bonds. The highest BCUT2D eigenvalue weighted by Crippen LogP contribution is 2.26. The van der Waals surface area contributed by atoms with Gasteiger partial charge in [-0.25, -0.2) is 0 Å². The molecule has 0 unspecified atom stereocenters. The second-order valence-corrected chi connectivity index (χ2v) is 4.15. The van der Waals surface area contributed by atoms with Gasteiger partial charge in [0.15, 0.2) is 5.84 Å². The Balaban J connectivity index is 2.94. The van der Waals surface area contributed by atoms with Gasteiger partial charge >= 0.3 is 0 Å². The van der Waals surface area contributed by atoms with E-state index in [4.69, 9.17) is 15.7 Å². The standard InChI is InChI=1S/C11H15BrN2O2/c1-2-3-7-16-9-6-4-5-8(12)10(9)11(13)14-15/h4-6,15H,2-3,7H2,1H3,(H2,13,14). The average molecular weight is 287 g/mol. The van der Waals surface area contributed by atoms with Gasteiger partial charge in [-0.15, -0.1) is 0 Å². The lowest BCUT2D eigenvalue weighted by Gasteiger charge is -2.11. The van der Waals surface area contributed by atoms with Gasteiger partial charge in [0.1, 0.15) is 5.75 Å². The molecule has 0 saturated heterocycles. The average Bonchev–Trinajstić information content (AvgIpc) is 2.29. The number of nitrogens with two attached hydrogens (primary N) is 1. The molecule has 0 aliphatic rings. The molecule has 0 radical (unpaired) electrons. The van der Waals surface area contributed by atoms with E-state index in [9.17, 15) is 0 Å². The van der Waals surface area contributed by atoms with E-state index >= 15 is 0 Å². The Labute approximate surface area is 103 Å². The van der Waals surface area contributed by atoms with Gasteiger partial charge in [-0.1, -0.05) is 24.6 Å². The maximum absolute atomic E-state index is 8.70. The first kappa shape index (κ1) is 12.8. The summed E-state index contributed by atoms with van der Waals surface area (Å²) < 4.78 is 6.33. The van der Waals surface area contributed by atoms with Crippen molar-refractivity contribution in [2.45, 2.75) is 19.8 Å². The quantitative estimate of drug-likeness (QED) is 0.288. The number of ether oxygens (including phenoxy) is 1. The molecule has 0 aliphatic heterocycles. The molecule has 0 fully saturated rings. The van der Waals surface area contributed by atoms with Crippen molar-refractivity contribution in [3.05, 3.63) is 28.2 Å². The Morgan fingerprint density at radius 3 is 2.94 bits per heavy atom. The molecule has 0 spiro atoms. The number of benzene rings is 1. The number of hydrogen-bond donors (Lipinski definition) is 2. The van der Waals surface area contributed by atoms with E-state index in [0.29, 0.717) is 17.9 Å². The number of amidine groups is 1. The second-order valence-electron chi connectivity index (χ2n) is 3.30. The predicted octanol–water partition coefficient (Wildman–Crippen LogP) is 2.72. The van der Waals surface area contributed by atoms with E-state index in [-0.39, 0.29) is 5.84 Å². The largest absolute Gasteiger partial charge is 0.493 e. The van der Waals surface area contributed by atoms with Gasteiger partial charge in [0.05, 0.1) is 12.2 Å². The Hall–Kier alpha value is -1.23. The van der Waals surface area contributed by atoms with Crippen LogP contribution < -0.4 is 10.5 Å². The maximum atomic E-state index is 8.70. The molecule has 5 heteroatoms. The summed E-state index contributed by atoms with van der Waals surface area (Å²) in [6.45, 7) is 2.72. The van der Waals surface area contributed by atoms with Gasteiger partial charge < -0.3 is 15.7 Å². The van der Waals surface area contributed by atoms with Crippen molar-refractivity contribution < 1.29 is 9.94 Å². The van der Waals surface area contributed by atoms with Crippen LogP contribution >= 0.6 is 15.9 Å².